The molecule has 0 atom stereocenters. The molecule has 0 N–H and O–H groups in total. The number of nitrogens with zero attached hydrogens (tertiary/aromatic N) is 2. The molecule has 0 aliphatic heterocycles. The van der Waals surface area contributed by atoms with Gasteiger partial charge in [0.25, 0.3) is 0 Å². The van der Waals surface area contributed by atoms with E-state index in [1.165, 1.54) is 0 Å². The van der Waals surface area contributed by atoms with Crippen LogP contribution in [-0.2, 0) is 0 Å². The standard InChI is InChI=1S/C14H8Cl2N2S/c15-10-1-2-12(16)11(7-10)13-8-19-14(18-13)9-3-5-17-6-4-9/h1-8H. The smallest absolute Gasteiger partial charge is 0.124 e. The molecule has 3 rings (SSSR count). The fourth-order valence-corrected chi connectivity index (χ4v) is 2.93. The van der Waals surface area contributed by atoms with E-state index >= 15 is 0 Å². The minimum Gasteiger partial charge on any atom is -0.265 e. The molecule has 94 valence electrons. The Balaban J connectivity index is 2.04. The lowest BCUT2D eigenvalue weighted by Crippen LogP contribution is -1.81. The van der Waals surface area contributed by atoms with E-state index in [0.717, 1.165) is 21.8 Å². The van der Waals surface area contributed by atoms with Gasteiger partial charge in [-0.1, -0.05) is 23.2 Å². The monoisotopic (exact) mass is 306 g/mol. The second-order valence-electron chi connectivity index (χ2n) is 3.90. The first-order chi connectivity index (χ1) is 9.24. The molecule has 0 saturated carbocycles. The van der Waals surface area contributed by atoms with Gasteiger partial charge in [-0.05, 0) is 30.3 Å². The van der Waals surface area contributed by atoms with Crippen LogP contribution < -0.4 is 0 Å². The minimum absolute atomic E-state index is 0.649. The van der Waals surface area contributed by atoms with Gasteiger partial charge in [-0.2, -0.15) is 0 Å². The lowest BCUT2D eigenvalue weighted by molar-refractivity contribution is 1.32. The Morgan fingerprint density at radius 3 is 2.58 bits per heavy atom. The van der Waals surface area contributed by atoms with E-state index in [9.17, 15) is 0 Å². The van der Waals surface area contributed by atoms with Crippen molar-refractivity contribution >= 4 is 34.5 Å². The summed E-state index contributed by atoms with van der Waals surface area (Å²) in [6.07, 6.45) is 3.51. The number of hydrogen-bond donors (Lipinski definition) is 0. The molecule has 5 heteroatoms. The van der Waals surface area contributed by atoms with Crippen molar-refractivity contribution in [2.24, 2.45) is 0 Å². The van der Waals surface area contributed by atoms with E-state index in [0.29, 0.717) is 10.0 Å². The van der Waals surface area contributed by atoms with Crippen LogP contribution in [0.3, 0.4) is 0 Å². The first-order valence-electron chi connectivity index (χ1n) is 5.55. The Morgan fingerprint density at radius 1 is 1.00 bits per heavy atom. The fraction of sp³-hybridized carbons (Fsp3) is 0. The zero-order chi connectivity index (χ0) is 13.2. The summed E-state index contributed by atoms with van der Waals surface area (Å²) >= 11 is 13.8. The maximum absolute atomic E-state index is 6.18. The predicted octanol–water partition coefficient (Wildman–Crippen LogP) is 5.18. The summed E-state index contributed by atoms with van der Waals surface area (Å²) in [6.45, 7) is 0. The van der Waals surface area contributed by atoms with Crippen molar-refractivity contribution < 1.29 is 0 Å². The fourth-order valence-electron chi connectivity index (χ4n) is 1.72. The third kappa shape index (κ3) is 2.63. The van der Waals surface area contributed by atoms with Gasteiger partial charge in [-0.15, -0.1) is 11.3 Å². The van der Waals surface area contributed by atoms with Gasteiger partial charge in [0.05, 0.1) is 10.7 Å². The van der Waals surface area contributed by atoms with Crippen LogP contribution in [0.15, 0.2) is 48.1 Å². The summed E-state index contributed by atoms with van der Waals surface area (Å²) in [7, 11) is 0. The summed E-state index contributed by atoms with van der Waals surface area (Å²) in [4.78, 5) is 8.60. The van der Waals surface area contributed by atoms with Crippen molar-refractivity contribution in [3.05, 3.63) is 58.2 Å². The minimum atomic E-state index is 0.649. The number of rotatable bonds is 2. The van der Waals surface area contributed by atoms with Crippen molar-refractivity contribution in [1.82, 2.24) is 9.97 Å². The molecule has 2 heterocycles. The molecule has 0 aliphatic rings. The second kappa shape index (κ2) is 5.29. The molecule has 0 radical (unpaired) electrons. The molecule has 0 unspecified atom stereocenters. The summed E-state index contributed by atoms with van der Waals surface area (Å²) < 4.78 is 0. The molecular formula is C14H8Cl2N2S. The molecule has 0 fully saturated rings. The molecule has 0 saturated heterocycles. The molecule has 0 spiro atoms. The highest BCUT2D eigenvalue weighted by Crippen LogP contribution is 2.33. The van der Waals surface area contributed by atoms with Crippen molar-refractivity contribution in [2.75, 3.05) is 0 Å². The van der Waals surface area contributed by atoms with Crippen LogP contribution in [0.2, 0.25) is 10.0 Å². The van der Waals surface area contributed by atoms with E-state index in [1.54, 1.807) is 35.9 Å². The molecular weight excluding hydrogens is 299 g/mol. The van der Waals surface area contributed by atoms with E-state index in [2.05, 4.69) is 9.97 Å². The number of halogens is 2. The van der Waals surface area contributed by atoms with Gasteiger partial charge in [0.2, 0.25) is 0 Å². The van der Waals surface area contributed by atoms with Crippen molar-refractivity contribution in [3.63, 3.8) is 0 Å². The SMILES string of the molecule is Clc1ccc(Cl)c(-c2csc(-c3ccncc3)n2)c1. The van der Waals surface area contributed by atoms with E-state index in [4.69, 9.17) is 23.2 Å². The van der Waals surface area contributed by atoms with Crippen LogP contribution in [0.1, 0.15) is 0 Å². The van der Waals surface area contributed by atoms with Crippen LogP contribution in [0.25, 0.3) is 21.8 Å². The summed E-state index contributed by atoms with van der Waals surface area (Å²) in [5, 5.41) is 4.22. The lowest BCUT2D eigenvalue weighted by Gasteiger charge is -2.01. The van der Waals surface area contributed by atoms with Gasteiger partial charge >= 0.3 is 0 Å². The average molecular weight is 307 g/mol. The number of aromatic nitrogens is 2. The van der Waals surface area contributed by atoms with Crippen LogP contribution in [0, 0.1) is 0 Å². The topological polar surface area (TPSA) is 25.8 Å². The third-order valence-electron chi connectivity index (χ3n) is 2.64. The van der Waals surface area contributed by atoms with Crippen molar-refractivity contribution in [3.8, 4) is 21.8 Å². The van der Waals surface area contributed by atoms with Crippen molar-refractivity contribution in [2.45, 2.75) is 0 Å². The van der Waals surface area contributed by atoms with E-state index < -0.39 is 0 Å². The largest absolute Gasteiger partial charge is 0.265 e. The third-order valence-corrected chi connectivity index (χ3v) is 4.09. The Bertz CT molecular complexity index is 710. The van der Waals surface area contributed by atoms with Crippen LogP contribution in [0.4, 0.5) is 0 Å². The van der Waals surface area contributed by atoms with Gasteiger partial charge in [-0.25, -0.2) is 4.98 Å². The number of pyridine rings is 1. The molecule has 1 aromatic carbocycles. The van der Waals surface area contributed by atoms with Crippen LogP contribution >= 0.6 is 34.5 Å². The van der Waals surface area contributed by atoms with Gasteiger partial charge in [0.1, 0.15) is 5.01 Å². The van der Waals surface area contributed by atoms with Crippen LogP contribution in [-0.4, -0.2) is 9.97 Å². The highest BCUT2D eigenvalue weighted by molar-refractivity contribution is 7.13. The summed E-state index contributed by atoms with van der Waals surface area (Å²) in [6, 6.07) is 9.24. The maximum atomic E-state index is 6.18. The van der Waals surface area contributed by atoms with Crippen molar-refractivity contribution in [1.29, 1.82) is 0 Å². The number of benzene rings is 1. The number of thiazole rings is 1. The van der Waals surface area contributed by atoms with Gasteiger partial charge < -0.3 is 0 Å². The summed E-state index contributed by atoms with van der Waals surface area (Å²) in [5.41, 5.74) is 2.74. The zero-order valence-electron chi connectivity index (χ0n) is 9.68. The number of hydrogen-bond acceptors (Lipinski definition) is 3. The molecule has 0 aliphatic carbocycles. The highest BCUT2D eigenvalue weighted by atomic mass is 35.5. The van der Waals surface area contributed by atoms with Gasteiger partial charge in [0.15, 0.2) is 0 Å². The van der Waals surface area contributed by atoms with Crippen LogP contribution in [0.5, 0.6) is 0 Å². The van der Waals surface area contributed by atoms with Gasteiger partial charge in [0, 0.05) is 33.9 Å². The average Bonchev–Trinajstić information content (AvgIpc) is 2.92. The Morgan fingerprint density at radius 2 is 1.79 bits per heavy atom. The molecule has 0 bridgehead atoms. The molecule has 2 nitrogen and oxygen atoms in total. The quantitative estimate of drug-likeness (QED) is 0.652. The first kappa shape index (κ1) is 12.6. The maximum Gasteiger partial charge on any atom is 0.124 e. The molecule has 0 amide bonds. The molecule has 3 aromatic rings. The Labute approximate surface area is 124 Å². The zero-order valence-corrected chi connectivity index (χ0v) is 12.0. The predicted molar refractivity (Wildman–Crippen MR) is 80.8 cm³/mol. The second-order valence-corrected chi connectivity index (χ2v) is 5.60. The van der Waals surface area contributed by atoms with E-state index in [1.807, 2.05) is 23.6 Å². The first-order valence-corrected chi connectivity index (χ1v) is 7.19. The Hall–Kier alpha value is -1.42. The lowest BCUT2D eigenvalue weighted by atomic mass is 10.2. The Kier molecular flexibility index (Phi) is 3.51. The summed E-state index contributed by atoms with van der Waals surface area (Å²) in [5.74, 6) is 0. The highest BCUT2D eigenvalue weighted by Gasteiger charge is 2.10. The molecule has 2 aromatic heterocycles. The van der Waals surface area contributed by atoms with Gasteiger partial charge in [-0.3, -0.25) is 4.98 Å². The van der Waals surface area contributed by atoms with E-state index in [-0.39, 0.29) is 0 Å². The normalized spacial score (nSPS) is 10.6. The molecule has 19 heavy (non-hydrogen) atoms.